The Bertz CT molecular complexity index is 950. The third-order valence-corrected chi connectivity index (χ3v) is 4.40. The first-order valence-electron chi connectivity index (χ1n) is 7.69. The zero-order valence-electron chi connectivity index (χ0n) is 14.2. The Morgan fingerprint density at radius 3 is 2.27 bits per heavy atom. The van der Waals surface area contributed by atoms with Crippen molar-refractivity contribution in [1.29, 1.82) is 0 Å². The summed E-state index contributed by atoms with van der Waals surface area (Å²) in [6, 6.07) is 9.16. The summed E-state index contributed by atoms with van der Waals surface area (Å²) in [5, 5.41) is 8.76. The Morgan fingerprint density at radius 2 is 1.65 bits per heavy atom. The third-order valence-electron chi connectivity index (χ3n) is 3.85. The van der Waals surface area contributed by atoms with Crippen LogP contribution in [-0.2, 0) is 12.6 Å². The maximum absolute atomic E-state index is 14.1. The highest BCUT2D eigenvalue weighted by Gasteiger charge is 2.32. The number of hydrogen-bond acceptors (Lipinski definition) is 3. The van der Waals surface area contributed by atoms with Gasteiger partial charge in [0, 0.05) is 17.6 Å². The highest BCUT2D eigenvalue weighted by molar-refractivity contribution is 6.33. The Hall–Kier alpha value is -2.18. The SMILES string of the molecule is Cn1c(-c2ccccc2Cl)nnc1C(C)(C)Oc1c(F)cc(Cl)cc1F. The number of benzene rings is 2. The largest absolute Gasteiger partial charge is 0.474 e. The van der Waals surface area contributed by atoms with Crippen molar-refractivity contribution < 1.29 is 13.5 Å². The highest BCUT2D eigenvalue weighted by atomic mass is 35.5. The fourth-order valence-electron chi connectivity index (χ4n) is 2.66. The van der Waals surface area contributed by atoms with E-state index >= 15 is 0 Å². The van der Waals surface area contributed by atoms with Gasteiger partial charge in [-0.3, -0.25) is 0 Å². The van der Waals surface area contributed by atoms with Gasteiger partial charge in [0.05, 0.1) is 5.02 Å². The number of aromatic nitrogens is 3. The summed E-state index contributed by atoms with van der Waals surface area (Å²) in [5.41, 5.74) is -0.480. The van der Waals surface area contributed by atoms with Crippen LogP contribution in [0, 0.1) is 11.6 Å². The first-order valence-corrected chi connectivity index (χ1v) is 8.44. The monoisotopic (exact) mass is 397 g/mol. The highest BCUT2D eigenvalue weighted by Crippen LogP contribution is 2.34. The van der Waals surface area contributed by atoms with Crippen LogP contribution in [0.2, 0.25) is 10.0 Å². The molecule has 0 aliphatic rings. The third kappa shape index (κ3) is 3.39. The van der Waals surface area contributed by atoms with Crippen molar-refractivity contribution in [3.05, 3.63) is 63.9 Å². The van der Waals surface area contributed by atoms with Crippen LogP contribution in [0.5, 0.6) is 5.75 Å². The van der Waals surface area contributed by atoms with Crippen molar-refractivity contribution in [1.82, 2.24) is 14.8 Å². The van der Waals surface area contributed by atoms with E-state index in [1.165, 1.54) is 0 Å². The molecule has 0 fully saturated rings. The van der Waals surface area contributed by atoms with E-state index < -0.39 is 23.0 Å². The molecule has 3 aromatic rings. The molecular weight excluding hydrogens is 383 g/mol. The standard InChI is InChI=1S/C18H15Cl2F2N3O/c1-18(2,26-15-13(21)8-10(19)9-14(15)22)17-24-23-16(25(17)3)11-6-4-5-7-12(11)20/h4-9H,1-3H3. The molecule has 2 aromatic carbocycles. The molecule has 8 heteroatoms. The van der Waals surface area contributed by atoms with E-state index in [4.69, 9.17) is 27.9 Å². The topological polar surface area (TPSA) is 39.9 Å². The molecule has 1 heterocycles. The lowest BCUT2D eigenvalue weighted by Crippen LogP contribution is -2.30. The van der Waals surface area contributed by atoms with Gasteiger partial charge in [-0.1, -0.05) is 35.3 Å². The summed E-state index contributed by atoms with van der Waals surface area (Å²) in [7, 11) is 1.73. The second kappa shape index (κ2) is 6.85. The van der Waals surface area contributed by atoms with E-state index in [0.717, 1.165) is 12.1 Å². The van der Waals surface area contributed by atoms with Gasteiger partial charge < -0.3 is 9.30 Å². The number of rotatable bonds is 4. The molecule has 0 N–H and O–H groups in total. The molecule has 0 aliphatic carbocycles. The molecule has 0 bridgehead atoms. The Labute approximate surface area is 159 Å². The fourth-order valence-corrected chi connectivity index (χ4v) is 3.07. The van der Waals surface area contributed by atoms with Gasteiger partial charge in [0.2, 0.25) is 0 Å². The molecule has 0 saturated heterocycles. The molecule has 0 atom stereocenters. The predicted molar refractivity (Wildman–Crippen MR) is 96.5 cm³/mol. The van der Waals surface area contributed by atoms with Crippen molar-refractivity contribution in [3.63, 3.8) is 0 Å². The van der Waals surface area contributed by atoms with Gasteiger partial charge in [-0.05, 0) is 38.1 Å². The molecule has 0 unspecified atom stereocenters. The first-order chi connectivity index (χ1) is 12.2. The van der Waals surface area contributed by atoms with Gasteiger partial charge in [0.25, 0.3) is 0 Å². The van der Waals surface area contributed by atoms with Crippen molar-refractivity contribution in [2.24, 2.45) is 7.05 Å². The van der Waals surface area contributed by atoms with E-state index in [2.05, 4.69) is 10.2 Å². The lowest BCUT2D eigenvalue weighted by molar-refractivity contribution is 0.0836. The molecule has 0 spiro atoms. The zero-order valence-corrected chi connectivity index (χ0v) is 15.7. The predicted octanol–water partition coefficient (Wildman–Crippen LogP) is 5.38. The van der Waals surface area contributed by atoms with Crippen molar-refractivity contribution in [3.8, 4) is 17.1 Å². The van der Waals surface area contributed by atoms with Crippen LogP contribution in [0.15, 0.2) is 36.4 Å². The normalized spacial score (nSPS) is 11.7. The van der Waals surface area contributed by atoms with E-state index in [-0.39, 0.29) is 5.02 Å². The van der Waals surface area contributed by atoms with Gasteiger partial charge in [0.15, 0.2) is 34.6 Å². The van der Waals surface area contributed by atoms with Crippen LogP contribution in [0.4, 0.5) is 8.78 Å². The molecule has 26 heavy (non-hydrogen) atoms. The first kappa shape index (κ1) is 18.6. The Morgan fingerprint density at radius 1 is 1.04 bits per heavy atom. The van der Waals surface area contributed by atoms with Crippen molar-refractivity contribution >= 4 is 23.2 Å². The molecule has 136 valence electrons. The molecule has 1 aromatic heterocycles. The van der Waals surface area contributed by atoms with Crippen LogP contribution in [0.1, 0.15) is 19.7 Å². The van der Waals surface area contributed by atoms with E-state index in [9.17, 15) is 8.78 Å². The van der Waals surface area contributed by atoms with E-state index in [1.54, 1.807) is 31.5 Å². The number of nitrogens with zero attached hydrogens (tertiary/aromatic N) is 3. The minimum atomic E-state index is -1.17. The van der Waals surface area contributed by atoms with Crippen LogP contribution >= 0.6 is 23.2 Å². The lowest BCUT2D eigenvalue weighted by atomic mass is 10.1. The summed E-state index contributed by atoms with van der Waals surface area (Å²) < 4.78 is 35.4. The van der Waals surface area contributed by atoms with Gasteiger partial charge >= 0.3 is 0 Å². The summed E-state index contributed by atoms with van der Waals surface area (Å²) >= 11 is 11.9. The second-order valence-electron chi connectivity index (χ2n) is 6.20. The minimum absolute atomic E-state index is 0.0511. The maximum Gasteiger partial charge on any atom is 0.192 e. The van der Waals surface area contributed by atoms with E-state index in [0.29, 0.717) is 22.2 Å². The molecular formula is C18H15Cl2F2N3O. The van der Waals surface area contributed by atoms with Crippen LogP contribution in [0.3, 0.4) is 0 Å². The van der Waals surface area contributed by atoms with Crippen molar-refractivity contribution in [2.45, 2.75) is 19.4 Å². The fraction of sp³-hybridized carbons (Fsp3) is 0.222. The molecule has 3 rings (SSSR count). The number of halogens is 4. The molecule has 4 nitrogen and oxygen atoms in total. The Balaban J connectivity index is 2.00. The molecule has 0 amide bonds. The zero-order chi connectivity index (χ0) is 19.1. The second-order valence-corrected chi connectivity index (χ2v) is 7.04. The van der Waals surface area contributed by atoms with Crippen LogP contribution in [-0.4, -0.2) is 14.8 Å². The Kier molecular flexibility index (Phi) is 4.90. The van der Waals surface area contributed by atoms with Crippen molar-refractivity contribution in [2.75, 3.05) is 0 Å². The quantitative estimate of drug-likeness (QED) is 0.592. The maximum atomic E-state index is 14.1. The number of hydrogen-bond donors (Lipinski definition) is 0. The summed E-state index contributed by atoms with van der Waals surface area (Å²) in [5.74, 6) is -1.42. The number of ether oxygens (including phenoxy) is 1. The van der Waals surface area contributed by atoms with Gasteiger partial charge in [0.1, 0.15) is 0 Å². The minimum Gasteiger partial charge on any atom is -0.474 e. The summed E-state index contributed by atoms with van der Waals surface area (Å²) in [6.45, 7) is 3.28. The van der Waals surface area contributed by atoms with Gasteiger partial charge in [-0.15, -0.1) is 10.2 Å². The summed E-state index contributed by atoms with van der Waals surface area (Å²) in [6.07, 6.45) is 0. The van der Waals surface area contributed by atoms with E-state index in [1.807, 2.05) is 18.2 Å². The average Bonchev–Trinajstić information content (AvgIpc) is 2.94. The molecule has 0 saturated carbocycles. The smallest absolute Gasteiger partial charge is 0.192 e. The van der Waals surface area contributed by atoms with Gasteiger partial charge in [-0.25, -0.2) is 8.78 Å². The van der Waals surface area contributed by atoms with Crippen LogP contribution < -0.4 is 4.74 Å². The average molecular weight is 398 g/mol. The van der Waals surface area contributed by atoms with Crippen LogP contribution in [0.25, 0.3) is 11.4 Å². The lowest BCUT2D eigenvalue weighted by Gasteiger charge is -2.26. The molecule has 0 radical (unpaired) electrons. The summed E-state index contributed by atoms with van der Waals surface area (Å²) in [4.78, 5) is 0. The molecule has 0 aliphatic heterocycles. The van der Waals surface area contributed by atoms with Gasteiger partial charge in [-0.2, -0.15) is 0 Å².